The zero-order valence-corrected chi connectivity index (χ0v) is 21.6. The molecule has 8 heteroatoms. The maximum atomic E-state index is 13.3. The fraction of sp³-hybridized carbons (Fsp3) is 0.310. The van der Waals surface area contributed by atoms with E-state index in [9.17, 15) is 14.0 Å². The Hall–Kier alpha value is -4.07. The molecule has 0 atom stereocenters. The number of hydrogen-bond acceptors (Lipinski definition) is 5. The number of halogens is 1. The molecular formula is C29H33FN2O5. The Morgan fingerprint density at radius 2 is 1.59 bits per heavy atom. The smallest absolute Gasteiger partial charge is 0.407 e. The van der Waals surface area contributed by atoms with Gasteiger partial charge in [-0.3, -0.25) is 4.79 Å². The Morgan fingerprint density at radius 3 is 2.24 bits per heavy atom. The van der Waals surface area contributed by atoms with Crippen LogP contribution in [0.2, 0.25) is 0 Å². The summed E-state index contributed by atoms with van der Waals surface area (Å²) in [4.78, 5) is 27.0. The number of benzene rings is 3. The van der Waals surface area contributed by atoms with Crippen molar-refractivity contribution in [3.8, 4) is 11.5 Å². The van der Waals surface area contributed by atoms with Gasteiger partial charge in [-0.2, -0.15) is 0 Å². The summed E-state index contributed by atoms with van der Waals surface area (Å²) in [7, 11) is 1.54. The lowest BCUT2D eigenvalue weighted by atomic mass is 10.1. The molecule has 0 spiro atoms. The van der Waals surface area contributed by atoms with Crippen LogP contribution in [0.4, 0.5) is 9.18 Å². The molecule has 7 nitrogen and oxygen atoms in total. The SMILES string of the molecule is COc1cc(CN(CCNC(=O)OC(C)(C)C)C(=O)c2ccccc2)ccc1OCc1ccc(F)cc1. The van der Waals surface area contributed by atoms with Gasteiger partial charge in [-0.05, 0) is 68.3 Å². The van der Waals surface area contributed by atoms with Gasteiger partial charge >= 0.3 is 6.09 Å². The number of nitrogens with one attached hydrogen (secondary N) is 1. The fourth-order valence-electron chi connectivity index (χ4n) is 3.51. The first-order valence-corrected chi connectivity index (χ1v) is 12.0. The Morgan fingerprint density at radius 1 is 0.919 bits per heavy atom. The molecule has 3 aromatic carbocycles. The van der Waals surface area contributed by atoms with Gasteiger partial charge < -0.3 is 24.4 Å². The minimum atomic E-state index is -0.610. The molecule has 0 aromatic heterocycles. The molecule has 0 aliphatic heterocycles. The van der Waals surface area contributed by atoms with E-state index in [0.29, 0.717) is 23.6 Å². The van der Waals surface area contributed by atoms with E-state index in [1.165, 1.54) is 12.1 Å². The lowest BCUT2D eigenvalue weighted by molar-refractivity contribution is 0.0512. The summed E-state index contributed by atoms with van der Waals surface area (Å²) in [5.74, 6) is 0.575. The summed E-state index contributed by atoms with van der Waals surface area (Å²) >= 11 is 0. The van der Waals surface area contributed by atoms with Gasteiger partial charge in [0.15, 0.2) is 11.5 Å². The van der Waals surface area contributed by atoms with E-state index in [0.717, 1.165) is 11.1 Å². The number of amides is 2. The maximum Gasteiger partial charge on any atom is 0.407 e. The van der Waals surface area contributed by atoms with Crippen molar-refractivity contribution in [1.29, 1.82) is 0 Å². The second-order valence-electron chi connectivity index (χ2n) is 9.42. The third kappa shape index (κ3) is 8.83. The van der Waals surface area contributed by atoms with E-state index >= 15 is 0 Å². The average molecular weight is 509 g/mol. The molecule has 0 bridgehead atoms. The summed E-state index contributed by atoms with van der Waals surface area (Å²) in [6.07, 6.45) is -0.538. The van der Waals surface area contributed by atoms with Crippen LogP contribution in [0, 0.1) is 5.82 Å². The van der Waals surface area contributed by atoms with Crippen molar-refractivity contribution in [2.24, 2.45) is 0 Å². The van der Waals surface area contributed by atoms with Gasteiger partial charge in [0.1, 0.15) is 18.0 Å². The summed E-state index contributed by atoms with van der Waals surface area (Å²) in [5.41, 5.74) is 1.59. The van der Waals surface area contributed by atoms with Gasteiger partial charge in [-0.15, -0.1) is 0 Å². The molecule has 0 unspecified atom stereocenters. The highest BCUT2D eigenvalue weighted by atomic mass is 19.1. The van der Waals surface area contributed by atoms with Crippen molar-refractivity contribution in [1.82, 2.24) is 10.2 Å². The lowest BCUT2D eigenvalue weighted by Gasteiger charge is -2.25. The van der Waals surface area contributed by atoms with E-state index in [1.807, 2.05) is 18.2 Å². The monoisotopic (exact) mass is 508 g/mol. The molecule has 3 aromatic rings. The van der Waals surface area contributed by atoms with Crippen LogP contribution >= 0.6 is 0 Å². The van der Waals surface area contributed by atoms with E-state index in [-0.39, 0.29) is 31.4 Å². The number of carbonyl (C=O) groups is 2. The molecule has 37 heavy (non-hydrogen) atoms. The fourth-order valence-corrected chi connectivity index (χ4v) is 3.51. The quantitative estimate of drug-likeness (QED) is 0.387. The molecule has 0 heterocycles. The van der Waals surface area contributed by atoms with E-state index in [1.54, 1.807) is 75.2 Å². The molecule has 3 rings (SSSR count). The molecule has 2 amide bonds. The summed E-state index contributed by atoms with van der Waals surface area (Å²) < 4.78 is 29.8. The molecule has 196 valence electrons. The molecule has 0 aliphatic carbocycles. The summed E-state index contributed by atoms with van der Waals surface area (Å²) in [6, 6.07) is 20.5. The van der Waals surface area contributed by atoms with Gasteiger partial charge in [-0.25, -0.2) is 9.18 Å². The Bertz CT molecular complexity index is 1180. The molecule has 0 radical (unpaired) electrons. The third-order valence-electron chi connectivity index (χ3n) is 5.27. The first kappa shape index (κ1) is 27.5. The predicted octanol–water partition coefficient (Wildman–Crippen LogP) is 5.58. The summed E-state index contributed by atoms with van der Waals surface area (Å²) in [6.45, 7) is 6.42. The van der Waals surface area contributed by atoms with Crippen LogP contribution in [-0.2, 0) is 17.9 Å². The molecule has 0 saturated heterocycles. The third-order valence-corrected chi connectivity index (χ3v) is 5.27. The van der Waals surface area contributed by atoms with Crippen molar-refractivity contribution >= 4 is 12.0 Å². The Kier molecular flexibility index (Phi) is 9.49. The van der Waals surface area contributed by atoms with Gasteiger partial charge in [0.05, 0.1) is 7.11 Å². The second kappa shape index (κ2) is 12.8. The summed E-state index contributed by atoms with van der Waals surface area (Å²) in [5, 5.41) is 2.71. The Balaban J connectivity index is 1.71. The molecule has 0 aliphatic rings. The highest BCUT2D eigenvalue weighted by molar-refractivity contribution is 5.94. The maximum absolute atomic E-state index is 13.3. The predicted molar refractivity (Wildman–Crippen MR) is 139 cm³/mol. The first-order valence-electron chi connectivity index (χ1n) is 12.0. The Labute approximate surface area is 217 Å². The zero-order chi connectivity index (χ0) is 26.8. The highest BCUT2D eigenvalue weighted by Gasteiger charge is 2.19. The number of rotatable bonds is 10. The number of methoxy groups -OCH3 is 1. The lowest BCUT2D eigenvalue weighted by Crippen LogP contribution is -2.40. The molecule has 1 N–H and O–H groups in total. The number of hydrogen-bond donors (Lipinski definition) is 1. The van der Waals surface area contributed by atoms with Gasteiger partial charge in [0.25, 0.3) is 5.91 Å². The number of carbonyl (C=O) groups excluding carboxylic acids is 2. The van der Waals surface area contributed by atoms with Crippen LogP contribution in [0.15, 0.2) is 72.8 Å². The van der Waals surface area contributed by atoms with Crippen molar-refractivity contribution in [2.75, 3.05) is 20.2 Å². The van der Waals surface area contributed by atoms with Crippen LogP contribution in [0.3, 0.4) is 0 Å². The van der Waals surface area contributed by atoms with Crippen molar-refractivity contribution in [3.63, 3.8) is 0 Å². The largest absolute Gasteiger partial charge is 0.493 e. The van der Waals surface area contributed by atoms with Crippen molar-refractivity contribution in [2.45, 2.75) is 39.5 Å². The topological polar surface area (TPSA) is 77.1 Å². The average Bonchev–Trinajstić information content (AvgIpc) is 2.87. The van der Waals surface area contributed by atoms with Crippen LogP contribution in [0.5, 0.6) is 11.5 Å². The van der Waals surface area contributed by atoms with E-state index < -0.39 is 11.7 Å². The first-order chi connectivity index (χ1) is 17.6. The van der Waals surface area contributed by atoms with Crippen molar-refractivity contribution in [3.05, 3.63) is 95.3 Å². The van der Waals surface area contributed by atoms with E-state index in [2.05, 4.69) is 5.32 Å². The van der Waals surface area contributed by atoms with Crippen LogP contribution in [-0.4, -0.2) is 42.7 Å². The normalized spacial score (nSPS) is 10.9. The second-order valence-corrected chi connectivity index (χ2v) is 9.42. The van der Waals surface area contributed by atoms with Gasteiger partial charge in [0, 0.05) is 25.2 Å². The van der Waals surface area contributed by atoms with Crippen LogP contribution in [0.25, 0.3) is 0 Å². The van der Waals surface area contributed by atoms with Gasteiger partial charge in [0.2, 0.25) is 0 Å². The number of ether oxygens (including phenoxy) is 3. The van der Waals surface area contributed by atoms with E-state index in [4.69, 9.17) is 14.2 Å². The minimum absolute atomic E-state index is 0.165. The number of nitrogens with zero attached hydrogens (tertiary/aromatic N) is 1. The molecule has 0 saturated carbocycles. The zero-order valence-electron chi connectivity index (χ0n) is 21.6. The highest BCUT2D eigenvalue weighted by Crippen LogP contribution is 2.29. The standard InChI is InChI=1S/C29H33FN2O5/c1-29(2,3)37-28(34)31-16-17-32(27(33)23-8-6-5-7-9-23)19-22-12-15-25(26(18-22)35-4)36-20-21-10-13-24(30)14-11-21/h5-15,18H,16-17,19-20H2,1-4H3,(H,31,34). The van der Waals surface area contributed by atoms with Crippen molar-refractivity contribution < 1.29 is 28.2 Å². The van der Waals surface area contributed by atoms with Crippen LogP contribution in [0.1, 0.15) is 42.3 Å². The molecule has 0 fully saturated rings. The number of alkyl carbamates (subject to hydrolysis) is 1. The van der Waals surface area contributed by atoms with Crippen LogP contribution < -0.4 is 14.8 Å². The molecular weight excluding hydrogens is 475 g/mol. The van der Waals surface area contributed by atoms with Gasteiger partial charge in [-0.1, -0.05) is 36.4 Å². The minimum Gasteiger partial charge on any atom is -0.493 e.